The van der Waals surface area contributed by atoms with E-state index in [9.17, 15) is 10.1 Å². The summed E-state index contributed by atoms with van der Waals surface area (Å²) in [7, 11) is 0. The molecule has 1 aliphatic rings. The molecule has 7 nitrogen and oxygen atoms in total. The van der Waals surface area contributed by atoms with E-state index < -0.39 is 4.92 Å². The zero-order valence-corrected chi connectivity index (χ0v) is 14.4. The first kappa shape index (κ1) is 15.9. The summed E-state index contributed by atoms with van der Waals surface area (Å²) in [6.07, 6.45) is 1.58. The lowest BCUT2D eigenvalue weighted by atomic mass is 10.2. The Bertz CT molecular complexity index is 854. The minimum Gasteiger partial charge on any atom is -0.366 e. The highest BCUT2D eigenvalue weighted by atomic mass is 32.1. The molecule has 3 heterocycles. The highest BCUT2D eigenvalue weighted by Crippen LogP contribution is 2.24. The summed E-state index contributed by atoms with van der Waals surface area (Å²) in [5.74, 6) is -0.113. The second-order valence-corrected chi connectivity index (χ2v) is 7.09. The van der Waals surface area contributed by atoms with Crippen LogP contribution in [0, 0.1) is 10.1 Å². The van der Waals surface area contributed by atoms with E-state index in [4.69, 9.17) is 4.98 Å². The van der Waals surface area contributed by atoms with E-state index in [1.54, 1.807) is 23.6 Å². The maximum atomic E-state index is 10.7. The van der Waals surface area contributed by atoms with Crippen molar-refractivity contribution >= 4 is 33.1 Å². The number of nitrogens with zero attached hydrogens (tertiary/aromatic N) is 5. The molecule has 0 spiro atoms. The fourth-order valence-corrected chi connectivity index (χ4v) is 4.03. The van der Waals surface area contributed by atoms with E-state index in [-0.39, 0.29) is 5.82 Å². The topological polar surface area (TPSA) is 75.4 Å². The van der Waals surface area contributed by atoms with Gasteiger partial charge in [0.05, 0.1) is 22.4 Å². The van der Waals surface area contributed by atoms with Crippen LogP contribution in [0.15, 0.2) is 42.6 Å². The molecule has 25 heavy (non-hydrogen) atoms. The number of para-hydroxylation sites is 1. The monoisotopic (exact) mass is 355 g/mol. The molecule has 0 amide bonds. The fraction of sp³-hybridized carbons (Fsp3) is 0.294. The zero-order chi connectivity index (χ0) is 17.2. The Morgan fingerprint density at radius 3 is 2.60 bits per heavy atom. The van der Waals surface area contributed by atoms with Gasteiger partial charge in [0, 0.05) is 32.2 Å². The average molecular weight is 355 g/mol. The molecular formula is C17H17N5O2S. The van der Waals surface area contributed by atoms with Crippen LogP contribution in [0.25, 0.3) is 10.2 Å². The molecule has 1 saturated heterocycles. The zero-order valence-electron chi connectivity index (χ0n) is 13.5. The largest absolute Gasteiger partial charge is 0.366 e. The van der Waals surface area contributed by atoms with Gasteiger partial charge in [-0.1, -0.05) is 12.1 Å². The van der Waals surface area contributed by atoms with E-state index in [0.717, 1.165) is 48.9 Å². The van der Waals surface area contributed by atoms with Crippen LogP contribution in [-0.4, -0.2) is 46.0 Å². The van der Waals surface area contributed by atoms with Crippen molar-refractivity contribution in [1.82, 2.24) is 14.9 Å². The number of aromatic nitrogens is 2. The van der Waals surface area contributed by atoms with Crippen molar-refractivity contribution in [1.29, 1.82) is 0 Å². The van der Waals surface area contributed by atoms with Gasteiger partial charge in [0.25, 0.3) is 0 Å². The Morgan fingerprint density at radius 1 is 1.12 bits per heavy atom. The number of rotatable bonds is 4. The number of thiazole rings is 1. The first-order valence-electron chi connectivity index (χ1n) is 8.11. The Balaban J connectivity index is 1.37. The second-order valence-electron chi connectivity index (χ2n) is 5.97. The van der Waals surface area contributed by atoms with Crippen LogP contribution in [0.4, 0.5) is 11.5 Å². The van der Waals surface area contributed by atoms with Crippen molar-refractivity contribution in [3.05, 3.63) is 57.7 Å². The summed E-state index contributed by atoms with van der Waals surface area (Å²) in [5.41, 5.74) is 2.00. The predicted octanol–water partition coefficient (Wildman–Crippen LogP) is 2.92. The summed E-state index contributed by atoms with van der Waals surface area (Å²) in [5, 5.41) is 11.8. The standard InChI is InChI=1S/C17H17N5O2S/c23-22(24)16-6-5-13(11-18-16)21-9-7-20(8-10-21)12-17-19-14-3-1-2-4-15(14)25-17/h1-6,11H,7-10,12H2. The molecule has 3 aromatic rings. The van der Waals surface area contributed by atoms with Gasteiger partial charge >= 0.3 is 5.82 Å². The lowest BCUT2D eigenvalue weighted by Gasteiger charge is -2.35. The molecular weight excluding hydrogens is 338 g/mol. The third-order valence-corrected chi connectivity index (χ3v) is 5.37. The minimum atomic E-state index is -0.472. The number of anilines is 1. The van der Waals surface area contributed by atoms with Crippen molar-refractivity contribution in [2.24, 2.45) is 0 Å². The molecule has 8 heteroatoms. The van der Waals surface area contributed by atoms with Crippen molar-refractivity contribution in [2.45, 2.75) is 6.54 Å². The van der Waals surface area contributed by atoms with Gasteiger partial charge in [-0.3, -0.25) is 4.90 Å². The minimum absolute atomic E-state index is 0.113. The Labute approximate surface area is 148 Å². The van der Waals surface area contributed by atoms with Gasteiger partial charge in [-0.15, -0.1) is 11.3 Å². The van der Waals surface area contributed by atoms with E-state index in [1.165, 1.54) is 10.8 Å². The molecule has 2 aromatic heterocycles. The smallest absolute Gasteiger partial charge is 0.363 e. The van der Waals surface area contributed by atoms with Crippen molar-refractivity contribution < 1.29 is 4.92 Å². The highest BCUT2D eigenvalue weighted by Gasteiger charge is 2.20. The number of hydrogen-bond acceptors (Lipinski definition) is 7. The summed E-state index contributed by atoms with van der Waals surface area (Å²) in [4.78, 5) is 23.4. The Hall–Kier alpha value is -2.58. The van der Waals surface area contributed by atoms with Gasteiger partial charge in [0.15, 0.2) is 6.20 Å². The SMILES string of the molecule is O=[N+]([O-])c1ccc(N2CCN(Cc3nc4ccccc4s3)CC2)cn1. The lowest BCUT2D eigenvalue weighted by molar-refractivity contribution is -0.389. The molecule has 4 rings (SSSR count). The molecule has 0 saturated carbocycles. The Morgan fingerprint density at radius 2 is 1.92 bits per heavy atom. The van der Waals surface area contributed by atoms with Crippen LogP contribution < -0.4 is 4.90 Å². The Kier molecular flexibility index (Phi) is 4.29. The molecule has 0 bridgehead atoms. The van der Waals surface area contributed by atoms with E-state index in [2.05, 4.69) is 26.9 Å². The fourth-order valence-electron chi connectivity index (χ4n) is 3.02. The van der Waals surface area contributed by atoms with E-state index >= 15 is 0 Å². The number of benzene rings is 1. The van der Waals surface area contributed by atoms with Gasteiger partial charge in [-0.2, -0.15) is 0 Å². The number of piperazine rings is 1. The van der Waals surface area contributed by atoms with E-state index in [0.29, 0.717) is 0 Å². The molecule has 0 atom stereocenters. The van der Waals surface area contributed by atoms with Crippen molar-refractivity contribution in [3.8, 4) is 0 Å². The third kappa shape index (κ3) is 3.45. The molecule has 128 valence electrons. The summed E-state index contributed by atoms with van der Waals surface area (Å²) in [6, 6.07) is 11.5. The lowest BCUT2D eigenvalue weighted by Crippen LogP contribution is -2.46. The van der Waals surface area contributed by atoms with Gasteiger partial charge in [-0.25, -0.2) is 4.98 Å². The van der Waals surface area contributed by atoms with Crippen LogP contribution in [0.1, 0.15) is 5.01 Å². The van der Waals surface area contributed by atoms with Crippen LogP contribution in [-0.2, 0) is 6.54 Å². The van der Waals surface area contributed by atoms with Crippen LogP contribution >= 0.6 is 11.3 Å². The van der Waals surface area contributed by atoms with Crippen molar-refractivity contribution in [3.63, 3.8) is 0 Å². The first-order valence-corrected chi connectivity index (χ1v) is 8.93. The number of fused-ring (bicyclic) bond motifs is 1. The summed E-state index contributed by atoms with van der Waals surface area (Å²) in [6.45, 7) is 4.50. The summed E-state index contributed by atoms with van der Waals surface area (Å²) >= 11 is 1.75. The molecule has 0 unspecified atom stereocenters. The number of nitro groups is 1. The normalized spacial score (nSPS) is 15.6. The van der Waals surface area contributed by atoms with Crippen LogP contribution in [0.5, 0.6) is 0 Å². The molecule has 1 aromatic carbocycles. The maximum absolute atomic E-state index is 10.7. The second kappa shape index (κ2) is 6.73. The number of pyridine rings is 1. The van der Waals surface area contributed by atoms with Gasteiger partial charge in [0.2, 0.25) is 0 Å². The number of hydrogen-bond donors (Lipinski definition) is 0. The van der Waals surface area contributed by atoms with Gasteiger partial charge in [0.1, 0.15) is 5.01 Å². The molecule has 0 radical (unpaired) electrons. The van der Waals surface area contributed by atoms with Gasteiger partial charge < -0.3 is 15.0 Å². The summed E-state index contributed by atoms with van der Waals surface area (Å²) < 4.78 is 1.23. The molecule has 0 aliphatic carbocycles. The first-order chi connectivity index (χ1) is 12.2. The quantitative estimate of drug-likeness (QED) is 0.529. The maximum Gasteiger partial charge on any atom is 0.363 e. The van der Waals surface area contributed by atoms with Crippen LogP contribution in [0.2, 0.25) is 0 Å². The van der Waals surface area contributed by atoms with Crippen LogP contribution in [0.3, 0.4) is 0 Å². The molecule has 1 fully saturated rings. The average Bonchev–Trinajstić information content (AvgIpc) is 3.05. The third-order valence-electron chi connectivity index (χ3n) is 4.35. The predicted molar refractivity (Wildman–Crippen MR) is 98.0 cm³/mol. The van der Waals surface area contributed by atoms with Crippen molar-refractivity contribution in [2.75, 3.05) is 31.1 Å². The van der Waals surface area contributed by atoms with E-state index in [1.807, 2.05) is 12.1 Å². The highest BCUT2D eigenvalue weighted by molar-refractivity contribution is 7.18. The molecule has 0 N–H and O–H groups in total. The molecule has 1 aliphatic heterocycles. The van der Waals surface area contributed by atoms with Gasteiger partial charge in [-0.05, 0) is 28.1 Å².